The zero-order valence-electron chi connectivity index (χ0n) is 11.8. The van der Waals surface area contributed by atoms with E-state index < -0.39 is 11.4 Å². The Kier molecular flexibility index (Phi) is 4.14. The molecule has 0 aromatic heterocycles. The van der Waals surface area contributed by atoms with Crippen LogP contribution in [0.2, 0.25) is 0 Å². The van der Waals surface area contributed by atoms with Crippen LogP contribution < -0.4 is 0 Å². The van der Waals surface area contributed by atoms with E-state index in [4.69, 9.17) is 0 Å². The van der Waals surface area contributed by atoms with Gasteiger partial charge in [-0.3, -0.25) is 9.59 Å². The maximum Gasteiger partial charge on any atom is 0.311 e. The van der Waals surface area contributed by atoms with Crippen molar-refractivity contribution in [3.05, 3.63) is 0 Å². The van der Waals surface area contributed by atoms with Gasteiger partial charge in [0, 0.05) is 13.1 Å². The highest BCUT2D eigenvalue weighted by atomic mass is 32.2. The van der Waals surface area contributed by atoms with Crippen molar-refractivity contribution in [2.24, 2.45) is 5.41 Å². The first-order valence-electron chi connectivity index (χ1n) is 7.10. The largest absolute Gasteiger partial charge is 0.481 e. The summed E-state index contributed by atoms with van der Waals surface area (Å²) in [6.07, 6.45) is 4.08. The van der Waals surface area contributed by atoms with Gasteiger partial charge in [-0.1, -0.05) is 6.92 Å². The number of thioether (sulfide) groups is 1. The van der Waals surface area contributed by atoms with Gasteiger partial charge in [0.25, 0.3) is 0 Å². The van der Waals surface area contributed by atoms with Crippen LogP contribution in [0.25, 0.3) is 0 Å². The fourth-order valence-electron chi connectivity index (χ4n) is 3.20. The number of hydrogen-bond acceptors (Lipinski definition) is 3. The summed E-state index contributed by atoms with van der Waals surface area (Å²) in [4.78, 5) is 26.0. The summed E-state index contributed by atoms with van der Waals surface area (Å²) < 4.78 is -0.324. The van der Waals surface area contributed by atoms with Gasteiger partial charge in [0.15, 0.2) is 0 Å². The lowest BCUT2D eigenvalue weighted by Gasteiger charge is -2.42. The van der Waals surface area contributed by atoms with E-state index in [2.05, 4.69) is 0 Å². The van der Waals surface area contributed by atoms with Crippen molar-refractivity contribution in [2.45, 2.75) is 50.7 Å². The predicted molar refractivity (Wildman–Crippen MR) is 76.3 cm³/mol. The van der Waals surface area contributed by atoms with E-state index in [1.165, 1.54) is 0 Å². The Morgan fingerprint density at radius 1 is 1.32 bits per heavy atom. The molecule has 2 rings (SSSR count). The highest BCUT2D eigenvalue weighted by Crippen LogP contribution is 2.41. The zero-order valence-corrected chi connectivity index (χ0v) is 12.6. The normalized spacial score (nSPS) is 35.4. The SMILES string of the molecule is CCC1(C(=O)O)CCCN(C(=O)C2(C)CCCS2)C1. The lowest BCUT2D eigenvalue weighted by molar-refractivity contribution is -0.155. The summed E-state index contributed by atoms with van der Waals surface area (Å²) in [5.41, 5.74) is -0.729. The Labute approximate surface area is 118 Å². The van der Waals surface area contributed by atoms with Crippen molar-refractivity contribution in [1.29, 1.82) is 0 Å². The van der Waals surface area contributed by atoms with Crippen LogP contribution in [0, 0.1) is 5.41 Å². The van der Waals surface area contributed by atoms with E-state index >= 15 is 0 Å². The summed E-state index contributed by atoms with van der Waals surface area (Å²) in [6.45, 7) is 5.02. The van der Waals surface area contributed by atoms with Crippen LogP contribution in [-0.4, -0.2) is 45.5 Å². The van der Waals surface area contributed by atoms with Crippen molar-refractivity contribution in [3.63, 3.8) is 0 Å². The van der Waals surface area contributed by atoms with Crippen LogP contribution in [0.5, 0.6) is 0 Å². The summed E-state index contributed by atoms with van der Waals surface area (Å²) in [7, 11) is 0. The van der Waals surface area contributed by atoms with E-state index in [0.29, 0.717) is 25.9 Å². The summed E-state index contributed by atoms with van der Waals surface area (Å²) in [5, 5.41) is 9.47. The molecule has 108 valence electrons. The molecule has 19 heavy (non-hydrogen) atoms. The van der Waals surface area contributed by atoms with Crippen LogP contribution in [0.3, 0.4) is 0 Å². The molecule has 0 aromatic rings. The second kappa shape index (κ2) is 5.35. The molecule has 0 saturated carbocycles. The van der Waals surface area contributed by atoms with E-state index in [-0.39, 0.29) is 10.7 Å². The first kappa shape index (κ1) is 14.7. The quantitative estimate of drug-likeness (QED) is 0.865. The van der Waals surface area contributed by atoms with Crippen LogP contribution in [0.1, 0.15) is 46.0 Å². The van der Waals surface area contributed by atoms with Gasteiger partial charge in [-0.25, -0.2) is 0 Å². The number of carbonyl (C=O) groups excluding carboxylic acids is 1. The Morgan fingerprint density at radius 3 is 2.58 bits per heavy atom. The standard InChI is InChI=1S/C14H23NO3S/c1-3-14(12(17)18)7-4-8-15(10-14)11(16)13(2)6-5-9-19-13/h3-10H2,1-2H3,(H,17,18). The fraction of sp³-hybridized carbons (Fsp3) is 0.857. The molecule has 1 amide bonds. The van der Waals surface area contributed by atoms with Crippen LogP contribution in [-0.2, 0) is 9.59 Å². The predicted octanol–water partition coefficient (Wildman–Crippen LogP) is 2.38. The number of likely N-dealkylation sites (tertiary alicyclic amines) is 1. The van der Waals surface area contributed by atoms with Crippen LogP contribution in [0.15, 0.2) is 0 Å². The van der Waals surface area contributed by atoms with E-state index in [1.54, 1.807) is 16.7 Å². The molecule has 2 fully saturated rings. The van der Waals surface area contributed by atoms with Gasteiger partial charge < -0.3 is 10.0 Å². The molecule has 5 heteroatoms. The number of carboxylic acid groups (broad SMARTS) is 1. The highest BCUT2D eigenvalue weighted by Gasteiger charge is 2.46. The third-order valence-corrected chi connectivity index (χ3v) is 6.17. The minimum Gasteiger partial charge on any atom is -0.481 e. The molecule has 0 aromatic carbocycles. The molecule has 0 bridgehead atoms. The van der Waals surface area contributed by atoms with Gasteiger partial charge in [0.2, 0.25) is 5.91 Å². The molecule has 4 nitrogen and oxygen atoms in total. The molecule has 0 aliphatic carbocycles. The van der Waals surface area contributed by atoms with Gasteiger partial charge >= 0.3 is 5.97 Å². The van der Waals surface area contributed by atoms with Gasteiger partial charge in [0.1, 0.15) is 0 Å². The number of carboxylic acids is 1. The lowest BCUT2D eigenvalue weighted by atomic mass is 9.77. The third kappa shape index (κ3) is 2.62. The van der Waals surface area contributed by atoms with Crippen molar-refractivity contribution < 1.29 is 14.7 Å². The van der Waals surface area contributed by atoms with E-state index in [1.807, 2.05) is 13.8 Å². The molecule has 2 atom stereocenters. The maximum atomic E-state index is 12.7. The first-order valence-corrected chi connectivity index (χ1v) is 8.09. The fourth-order valence-corrected chi connectivity index (χ4v) is 4.48. The molecule has 2 unspecified atom stereocenters. The summed E-state index contributed by atoms with van der Waals surface area (Å²) >= 11 is 1.72. The lowest BCUT2D eigenvalue weighted by Crippen LogP contribution is -2.53. The van der Waals surface area contributed by atoms with Gasteiger partial charge in [-0.05, 0) is 44.8 Å². The third-order valence-electron chi connectivity index (χ3n) is 4.67. The van der Waals surface area contributed by atoms with Crippen LogP contribution in [0.4, 0.5) is 0 Å². The molecule has 2 saturated heterocycles. The monoisotopic (exact) mass is 285 g/mol. The first-order chi connectivity index (χ1) is 8.93. The molecular weight excluding hydrogens is 262 g/mol. The maximum absolute atomic E-state index is 12.7. The Balaban J connectivity index is 2.13. The molecule has 1 N–H and O–H groups in total. The van der Waals surface area contributed by atoms with Crippen LogP contribution >= 0.6 is 11.8 Å². The minimum absolute atomic E-state index is 0.147. The summed E-state index contributed by atoms with van der Waals surface area (Å²) in [5.74, 6) is 0.430. The second-order valence-corrected chi connectivity index (χ2v) is 7.55. The topological polar surface area (TPSA) is 57.6 Å². The number of amides is 1. The number of aliphatic carboxylic acids is 1. The Morgan fingerprint density at radius 2 is 2.05 bits per heavy atom. The zero-order chi connectivity index (χ0) is 14.1. The average Bonchev–Trinajstić information content (AvgIpc) is 2.86. The molecule has 0 radical (unpaired) electrons. The van der Waals surface area contributed by atoms with Gasteiger partial charge in [-0.15, -0.1) is 11.8 Å². The Bertz CT molecular complexity index is 379. The number of carbonyl (C=O) groups is 2. The smallest absolute Gasteiger partial charge is 0.311 e. The molecule has 2 aliphatic heterocycles. The number of hydrogen-bond donors (Lipinski definition) is 1. The molecule has 2 heterocycles. The molecule has 2 aliphatic rings. The molecular formula is C14H23NO3S. The number of nitrogens with zero attached hydrogens (tertiary/aromatic N) is 1. The van der Waals surface area contributed by atoms with E-state index in [9.17, 15) is 14.7 Å². The second-order valence-electron chi connectivity index (χ2n) is 5.95. The highest BCUT2D eigenvalue weighted by molar-refractivity contribution is 8.01. The van der Waals surface area contributed by atoms with Crippen molar-refractivity contribution in [1.82, 2.24) is 4.90 Å². The van der Waals surface area contributed by atoms with Gasteiger partial charge in [0.05, 0.1) is 10.2 Å². The summed E-state index contributed by atoms with van der Waals surface area (Å²) in [6, 6.07) is 0. The van der Waals surface area contributed by atoms with Gasteiger partial charge in [-0.2, -0.15) is 0 Å². The minimum atomic E-state index is -0.753. The van der Waals surface area contributed by atoms with Crippen molar-refractivity contribution >= 4 is 23.6 Å². The number of rotatable bonds is 3. The number of piperidine rings is 1. The molecule has 0 spiro atoms. The van der Waals surface area contributed by atoms with E-state index in [0.717, 1.165) is 25.0 Å². The van der Waals surface area contributed by atoms with Crippen molar-refractivity contribution in [3.8, 4) is 0 Å². The Hall–Kier alpha value is -0.710. The average molecular weight is 285 g/mol. The van der Waals surface area contributed by atoms with Crippen molar-refractivity contribution in [2.75, 3.05) is 18.8 Å².